The third-order valence-electron chi connectivity index (χ3n) is 6.10. The first-order valence-corrected chi connectivity index (χ1v) is 12.0. The van der Waals surface area contributed by atoms with Crippen LogP contribution in [-0.2, 0) is 30.7 Å². The Bertz CT molecular complexity index is 914. The highest BCUT2D eigenvalue weighted by molar-refractivity contribution is 9.10. The van der Waals surface area contributed by atoms with Gasteiger partial charge in [0.2, 0.25) is 15.9 Å². The number of rotatable bonds is 3. The average molecular weight is 471 g/mol. The maximum atomic E-state index is 13.5. The number of hydrogen-bond acceptors (Lipinski definition) is 5. The molecule has 0 aromatic heterocycles. The van der Waals surface area contributed by atoms with Crippen LogP contribution >= 0.6 is 15.9 Å². The monoisotopic (exact) mass is 470 g/mol. The molecule has 3 fully saturated rings. The van der Waals surface area contributed by atoms with Gasteiger partial charge < -0.3 is 14.4 Å². The van der Waals surface area contributed by atoms with Crippen molar-refractivity contribution in [2.45, 2.75) is 42.8 Å². The van der Waals surface area contributed by atoms with Gasteiger partial charge in [-0.15, -0.1) is 0 Å². The molecule has 152 valence electrons. The molecule has 0 atom stereocenters. The topological polar surface area (TPSA) is 76.2 Å². The lowest BCUT2D eigenvalue weighted by Gasteiger charge is -2.37. The molecule has 1 aliphatic carbocycles. The number of ether oxygens (including phenoxy) is 2. The van der Waals surface area contributed by atoms with Crippen LogP contribution in [0.1, 0.15) is 31.2 Å². The zero-order valence-corrected chi connectivity index (χ0v) is 17.9. The van der Waals surface area contributed by atoms with Crippen LogP contribution in [0.2, 0.25) is 0 Å². The normalized spacial score (nSPS) is 24.7. The van der Waals surface area contributed by atoms with Crippen molar-refractivity contribution in [3.63, 3.8) is 0 Å². The first-order valence-electron chi connectivity index (χ1n) is 9.82. The molecule has 5 rings (SSSR count). The van der Waals surface area contributed by atoms with E-state index in [2.05, 4.69) is 15.9 Å². The summed E-state index contributed by atoms with van der Waals surface area (Å²) in [5, 5.41) is 0. The third kappa shape index (κ3) is 3.11. The summed E-state index contributed by atoms with van der Waals surface area (Å²) >= 11 is 3.45. The predicted octanol–water partition coefficient (Wildman–Crippen LogP) is 2.28. The second kappa shape index (κ2) is 6.77. The number of nitrogens with zero attached hydrogens (tertiary/aromatic N) is 2. The maximum Gasteiger partial charge on any atom is 0.245 e. The molecule has 1 amide bonds. The maximum absolute atomic E-state index is 13.5. The minimum atomic E-state index is -3.73. The number of halogens is 1. The second-order valence-electron chi connectivity index (χ2n) is 7.94. The first kappa shape index (κ1) is 19.0. The SMILES string of the molecule is O=C(C1CC1)N1CCc2cc(Br)cc(S(=O)(=O)N3CCC4(CC3)OCCO4)c21. The molecule has 0 unspecified atom stereocenters. The molecule has 9 heteroatoms. The third-order valence-corrected chi connectivity index (χ3v) is 8.47. The van der Waals surface area contributed by atoms with E-state index in [4.69, 9.17) is 9.47 Å². The second-order valence-corrected chi connectivity index (χ2v) is 10.8. The van der Waals surface area contributed by atoms with Crippen LogP contribution in [-0.4, -0.2) is 57.3 Å². The Labute approximate surface area is 173 Å². The fourth-order valence-electron chi connectivity index (χ4n) is 4.43. The van der Waals surface area contributed by atoms with Crippen molar-refractivity contribution in [3.05, 3.63) is 22.2 Å². The van der Waals surface area contributed by atoms with Crippen molar-refractivity contribution in [3.8, 4) is 0 Å². The summed E-state index contributed by atoms with van der Waals surface area (Å²) in [6, 6.07) is 3.57. The molecule has 3 heterocycles. The fraction of sp³-hybridized carbons (Fsp3) is 0.632. The van der Waals surface area contributed by atoms with Gasteiger partial charge in [-0.1, -0.05) is 15.9 Å². The fourth-order valence-corrected chi connectivity index (χ4v) is 6.79. The first-order chi connectivity index (χ1) is 13.4. The van der Waals surface area contributed by atoms with Crippen LogP contribution in [0, 0.1) is 5.92 Å². The Morgan fingerprint density at radius 2 is 1.79 bits per heavy atom. The van der Waals surface area contributed by atoms with Gasteiger partial charge in [-0.3, -0.25) is 4.79 Å². The standard InChI is InChI=1S/C19H23BrN2O5S/c20-15-11-14-3-6-22(18(23)13-1-2-13)17(14)16(12-15)28(24,25)21-7-4-19(5-8-21)26-9-10-27-19/h11-13H,1-10H2. The number of benzene rings is 1. The lowest BCUT2D eigenvalue weighted by molar-refractivity contribution is -0.179. The summed E-state index contributed by atoms with van der Waals surface area (Å²) in [7, 11) is -3.73. The summed E-state index contributed by atoms with van der Waals surface area (Å²) in [6.45, 7) is 2.36. The minimum absolute atomic E-state index is 0.0525. The smallest absolute Gasteiger partial charge is 0.245 e. The Morgan fingerprint density at radius 1 is 1.11 bits per heavy atom. The molecular weight excluding hydrogens is 448 g/mol. The van der Waals surface area contributed by atoms with Crippen molar-refractivity contribution in [1.29, 1.82) is 0 Å². The number of piperidine rings is 1. The van der Waals surface area contributed by atoms with Crippen molar-refractivity contribution in [2.75, 3.05) is 37.7 Å². The molecule has 28 heavy (non-hydrogen) atoms. The molecule has 0 bridgehead atoms. The number of hydrogen-bond donors (Lipinski definition) is 0. The molecule has 3 aliphatic heterocycles. The summed E-state index contributed by atoms with van der Waals surface area (Å²) in [5.41, 5.74) is 1.49. The van der Waals surface area contributed by atoms with E-state index < -0.39 is 15.8 Å². The van der Waals surface area contributed by atoms with Crippen molar-refractivity contribution in [2.24, 2.45) is 5.92 Å². The van der Waals surface area contributed by atoms with Crippen LogP contribution in [0.4, 0.5) is 5.69 Å². The minimum Gasteiger partial charge on any atom is -0.347 e. The van der Waals surface area contributed by atoms with Gasteiger partial charge in [0.1, 0.15) is 4.90 Å². The average Bonchev–Trinajstić information content (AvgIpc) is 3.30. The Morgan fingerprint density at radius 3 is 2.43 bits per heavy atom. The van der Waals surface area contributed by atoms with Crippen molar-refractivity contribution >= 4 is 37.5 Å². The number of sulfonamides is 1. The molecular formula is C19H23BrN2O5S. The summed E-state index contributed by atoms with van der Waals surface area (Å²) < 4.78 is 40.7. The molecule has 4 aliphatic rings. The Hall–Kier alpha value is -1.00. The zero-order chi connectivity index (χ0) is 19.5. The van der Waals surface area contributed by atoms with E-state index in [-0.39, 0.29) is 16.7 Å². The number of carbonyl (C=O) groups excluding carboxylic acids is 1. The van der Waals surface area contributed by atoms with Gasteiger partial charge in [-0.2, -0.15) is 4.31 Å². The number of carbonyl (C=O) groups is 1. The van der Waals surface area contributed by atoms with E-state index in [9.17, 15) is 13.2 Å². The lowest BCUT2D eigenvalue weighted by Crippen LogP contribution is -2.47. The van der Waals surface area contributed by atoms with Gasteiger partial charge in [0, 0.05) is 42.9 Å². The largest absolute Gasteiger partial charge is 0.347 e. The molecule has 0 N–H and O–H groups in total. The summed E-state index contributed by atoms with van der Waals surface area (Å²) in [4.78, 5) is 14.7. The molecule has 2 saturated heterocycles. The van der Waals surface area contributed by atoms with Gasteiger partial charge in [0.15, 0.2) is 5.79 Å². The van der Waals surface area contributed by atoms with Crippen molar-refractivity contribution < 1.29 is 22.7 Å². The lowest BCUT2D eigenvalue weighted by atomic mass is 10.1. The van der Waals surface area contributed by atoms with Crippen LogP contribution in [0.15, 0.2) is 21.5 Å². The number of fused-ring (bicyclic) bond motifs is 1. The van der Waals surface area contributed by atoms with Crippen LogP contribution in [0.5, 0.6) is 0 Å². The highest BCUT2D eigenvalue weighted by Gasteiger charge is 2.45. The van der Waals surface area contributed by atoms with E-state index >= 15 is 0 Å². The summed E-state index contributed by atoms with van der Waals surface area (Å²) in [5.74, 6) is -0.515. The van der Waals surface area contributed by atoms with Gasteiger partial charge in [-0.05, 0) is 37.0 Å². The molecule has 0 radical (unpaired) electrons. The van der Waals surface area contributed by atoms with Gasteiger partial charge in [0.05, 0.1) is 18.9 Å². The van der Waals surface area contributed by atoms with Gasteiger partial charge in [-0.25, -0.2) is 8.42 Å². The van der Waals surface area contributed by atoms with E-state index in [0.717, 1.165) is 22.9 Å². The van der Waals surface area contributed by atoms with Crippen molar-refractivity contribution in [1.82, 2.24) is 4.31 Å². The van der Waals surface area contributed by atoms with Gasteiger partial charge >= 0.3 is 0 Å². The molecule has 7 nitrogen and oxygen atoms in total. The van der Waals surface area contributed by atoms with E-state index in [1.807, 2.05) is 6.07 Å². The molecule has 1 saturated carbocycles. The Kier molecular flexibility index (Phi) is 4.59. The van der Waals surface area contributed by atoms with E-state index in [0.29, 0.717) is 57.8 Å². The van der Waals surface area contributed by atoms with Crippen LogP contribution in [0.3, 0.4) is 0 Å². The molecule has 1 spiro atoms. The number of amides is 1. The van der Waals surface area contributed by atoms with E-state index in [1.165, 1.54) is 4.31 Å². The van der Waals surface area contributed by atoms with Crippen LogP contribution < -0.4 is 4.90 Å². The quantitative estimate of drug-likeness (QED) is 0.676. The molecule has 1 aromatic carbocycles. The van der Waals surface area contributed by atoms with Crippen LogP contribution in [0.25, 0.3) is 0 Å². The highest BCUT2D eigenvalue weighted by Crippen LogP contribution is 2.43. The highest BCUT2D eigenvalue weighted by atomic mass is 79.9. The Balaban J connectivity index is 1.48. The molecule has 1 aromatic rings. The summed E-state index contributed by atoms with van der Waals surface area (Å²) in [6.07, 6.45) is 3.52. The van der Waals surface area contributed by atoms with Gasteiger partial charge in [0.25, 0.3) is 0 Å². The zero-order valence-electron chi connectivity index (χ0n) is 15.5. The van der Waals surface area contributed by atoms with E-state index in [1.54, 1.807) is 11.0 Å². The number of anilines is 1. The predicted molar refractivity (Wildman–Crippen MR) is 106 cm³/mol.